The third-order valence-corrected chi connectivity index (χ3v) is 2.15. The van der Waals surface area contributed by atoms with Crippen molar-refractivity contribution in [2.75, 3.05) is 6.16 Å². The van der Waals surface area contributed by atoms with Gasteiger partial charge in [-0.25, -0.2) is 0 Å². The highest BCUT2D eigenvalue weighted by atomic mass is 35.5. The van der Waals surface area contributed by atoms with Crippen molar-refractivity contribution in [2.24, 2.45) is 5.92 Å². The van der Waals surface area contributed by atoms with Crippen molar-refractivity contribution in [3.63, 3.8) is 0 Å². The Morgan fingerprint density at radius 2 is 2.30 bits per heavy atom. The summed E-state index contributed by atoms with van der Waals surface area (Å²) in [7, 11) is -2.12. The second kappa shape index (κ2) is 4.78. The first-order valence-electron chi connectivity index (χ1n) is 2.87. The lowest BCUT2D eigenvalue weighted by Gasteiger charge is -1.97. The minimum absolute atomic E-state index is 0.148. The molecule has 3 nitrogen and oxygen atoms in total. The Morgan fingerprint density at radius 1 is 1.80 bits per heavy atom. The first-order chi connectivity index (χ1) is 4.54. The molecule has 1 N–H and O–H groups in total. The zero-order valence-electron chi connectivity index (χ0n) is 5.58. The highest BCUT2D eigenvalue weighted by Gasteiger charge is 2.16. The molecule has 0 aromatic heterocycles. The Kier molecular flexibility index (Phi) is 4.79. The molecule has 0 aliphatic carbocycles. The Hall–Kier alpha value is 0.0200. The summed E-state index contributed by atoms with van der Waals surface area (Å²) in [6.45, 7) is 1.63. The largest absolute Gasteiger partial charge is 0.505 e. The normalized spacial score (nSPS) is 14.5. The third kappa shape index (κ3) is 4.86. The van der Waals surface area contributed by atoms with Crippen LogP contribution in [0.3, 0.4) is 0 Å². The fourth-order valence-corrected chi connectivity index (χ4v) is 1.13. The summed E-state index contributed by atoms with van der Waals surface area (Å²) in [4.78, 5) is 18.7. The summed E-state index contributed by atoms with van der Waals surface area (Å²) >= 11 is 5.10. The Labute approximate surface area is 65.2 Å². The van der Waals surface area contributed by atoms with Gasteiger partial charge in [-0.15, -0.1) is 0 Å². The maximum absolute atomic E-state index is 10.3. The van der Waals surface area contributed by atoms with E-state index >= 15 is 0 Å². The van der Waals surface area contributed by atoms with E-state index in [1.807, 2.05) is 0 Å². The van der Waals surface area contributed by atoms with Gasteiger partial charge in [-0.2, -0.15) is 4.89 Å². The molecule has 58 valence electrons. The summed E-state index contributed by atoms with van der Waals surface area (Å²) in [5, 5.41) is -0.447. The average molecular weight is 184 g/mol. The van der Waals surface area contributed by atoms with Gasteiger partial charge in [0.05, 0.1) is 0 Å². The van der Waals surface area contributed by atoms with Crippen LogP contribution in [-0.4, -0.2) is 16.3 Å². The standard InChI is InChI=1S/C5H8ClO3P/c1-4(5(6)7)2-3-10(8)9/h4H,2-3H2,1H3/p+1. The summed E-state index contributed by atoms with van der Waals surface area (Å²) in [5.41, 5.74) is 0. The number of carbonyl (C=O) groups is 1. The van der Waals surface area contributed by atoms with Crippen LogP contribution in [0.4, 0.5) is 0 Å². The van der Waals surface area contributed by atoms with Crippen LogP contribution in [0.5, 0.6) is 0 Å². The van der Waals surface area contributed by atoms with E-state index in [1.165, 1.54) is 0 Å². The van der Waals surface area contributed by atoms with Gasteiger partial charge in [-0.05, 0) is 16.2 Å². The summed E-state index contributed by atoms with van der Waals surface area (Å²) in [6, 6.07) is 0. The monoisotopic (exact) mass is 183 g/mol. The molecule has 5 heteroatoms. The highest BCUT2D eigenvalue weighted by Crippen LogP contribution is 2.18. The van der Waals surface area contributed by atoms with Crippen LogP contribution in [-0.2, 0) is 9.36 Å². The fraction of sp³-hybridized carbons (Fsp3) is 0.800. The minimum Gasteiger partial charge on any atom is -0.281 e. The Morgan fingerprint density at radius 3 is 2.60 bits per heavy atom. The molecule has 0 aromatic carbocycles. The number of hydrogen-bond acceptors (Lipinski definition) is 2. The number of halogens is 1. The van der Waals surface area contributed by atoms with E-state index in [1.54, 1.807) is 6.92 Å². The predicted molar refractivity (Wildman–Crippen MR) is 39.3 cm³/mol. The first kappa shape index (κ1) is 10.0. The highest BCUT2D eigenvalue weighted by molar-refractivity contribution is 7.37. The molecule has 2 unspecified atom stereocenters. The van der Waals surface area contributed by atoms with Crippen molar-refractivity contribution < 1.29 is 14.3 Å². The van der Waals surface area contributed by atoms with Gasteiger partial charge in [0.2, 0.25) is 5.24 Å². The fourth-order valence-electron chi connectivity index (χ4n) is 0.418. The lowest BCUT2D eigenvalue weighted by molar-refractivity contribution is -0.114. The molecule has 0 spiro atoms. The van der Waals surface area contributed by atoms with Crippen LogP contribution < -0.4 is 0 Å². The molecule has 0 bridgehead atoms. The first-order valence-corrected chi connectivity index (χ1v) is 4.64. The van der Waals surface area contributed by atoms with Crippen LogP contribution in [0.15, 0.2) is 0 Å². The van der Waals surface area contributed by atoms with Gasteiger partial charge in [0, 0.05) is 12.3 Å². The molecule has 0 fully saturated rings. The van der Waals surface area contributed by atoms with E-state index in [4.69, 9.17) is 16.5 Å². The predicted octanol–water partition coefficient (Wildman–Crippen LogP) is 1.51. The average Bonchev–Trinajstić information content (AvgIpc) is 1.82. The lowest BCUT2D eigenvalue weighted by Crippen LogP contribution is -2.04. The van der Waals surface area contributed by atoms with Crippen molar-refractivity contribution in [2.45, 2.75) is 13.3 Å². The molecule has 0 aromatic rings. The van der Waals surface area contributed by atoms with Crippen molar-refractivity contribution >= 4 is 24.9 Å². The quantitative estimate of drug-likeness (QED) is 0.531. The van der Waals surface area contributed by atoms with E-state index in [2.05, 4.69) is 0 Å². The molecule has 10 heavy (non-hydrogen) atoms. The summed E-state index contributed by atoms with van der Waals surface area (Å²) in [5.74, 6) is -0.312. The van der Waals surface area contributed by atoms with Gasteiger partial charge in [-0.1, -0.05) is 6.92 Å². The van der Waals surface area contributed by atoms with Gasteiger partial charge in [0.25, 0.3) is 0 Å². The third-order valence-electron chi connectivity index (χ3n) is 1.14. The number of hydrogen-bond donors (Lipinski definition) is 1. The smallest absolute Gasteiger partial charge is 0.281 e. The van der Waals surface area contributed by atoms with Crippen LogP contribution in [0.2, 0.25) is 0 Å². The summed E-state index contributed by atoms with van der Waals surface area (Å²) in [6.07, 6.45) is 0.531. The van der Waals surface area contributed by atoms with Gasteiger partial charge in [0.15, 0.2) is 6.16 Å². The molecule has 0 aliphatic heterocycles. The Bertz CT molecular complexity index is 148. The maximum atomic E-state index is 10.3. The number of carbonyl (C=O) groups excluding carboxylic acids is 1. The zero-order chi connectivity index (χ0) is 8.15. The molecule has 0 heterocycles. The van der Waals surface area contributed by atoms with E-state index in [0.29, 0.717) is 6.42 Å². The van der Waals surface area contributed by atoms with Gasteiger partial charge in [-0.3, -0.25) is 4.79 Å². The van der Waals surface area contributed by atoms with E-state index in [0.717, 1.165) is 0 Å². The van der Waals surface area contributed by atoms with Crippen molar-refractivity contribution in [3.05, 3.63) is 0 Å². The molecule has 2 atom stereocenters. The molecular formula is C5H9ClO3P+. The molecule has 0 aliphatic rings. The van der Waals surface area contributed by atoms with Gasteiger partial charge in [0.1, 0.15) is 0 Å². The molecular weight excluding hydrogens is 174 g/mol. The molecule has 0 rings (SSSR count). The van der Waals surface area contributed by atoms with Crippen molar-refractivity contribution in [1.29, 1.82) is 0 Å². The molecule has 0 saturated carbocycles. The van der Waals surface area contributed by atoms with Gasteiger partial charge < -0.3 is 0 Å². The minimum atomic E-state index is -2.12. The van der Waals surface area contributed by atoms with E-state index in [-0.39, 0.29) is 12.1 Å². The van der Waals surface area contributed by atoms with Crippen LogP contribution in [0.25, 0.3) is 0 Å². The second-order valence-electron chi connectivity index (χ2n) is 2.07. The van der Waals surface area contributed by atoms with Crippen LogP contribution in [0, 0.1) is 5.92 Å². The maximum Gasteiger partial charge on any atom is 0.505 e. The molecule has 0 amide bonds. The topological polar surface area (TPSA) is 54.4 Å². The zero-order valence-corrected chi connectivity index (χ0v) is 7.23. The van der Waals surface area contributed by atoms with Crippen LogP contribution in [0.1, 0.15) is 13.3 Å². The number of rotatable bonds is 4. The van der Waals surface area contributed by atoms with Crippen molar-refractivity contribution in [3.8, 4) is 0 Å². The van der Waals surface area contributed by atoms with E-state index < -0.39 is 13.3 Å². The van der Waals surface area contributed by atoms with Gasteiger partial charge >= 0.3 is 8.03 Å². The summed E-state index contributed by atoms with van der Waals surface area (Å²) < 4.78 is 10.1. The van der Waals surface area contributed by atoms with Crippen LogP contribution >= 0.6 is 19.6 Å². The SMILES string of the molecule is CC(CC[P+](=O)O)C(=O)Cl. The molecule has 0 saturated heterocycles. The second-order valence-corrected chi connectivity index (χ2v) is 3.59. The molecule has 0 radical (unpaired) electrons. The van der Waals surface area contributed by atoms with E-state index in [9.17, 15) is 9.36 Å². The Balaban J connectivity index is 3.49. The van der Waals surface area contributed by atoms with Crippen molar-refractivity contribution in [1.82, 2.24) is 0 Å². The lowest BCUT2D eigenvalue weighted by atomic mass is 10.1.